The van der Waals surface area contributed by atoms with Crippen molar-refractivity contribution >= 4 is 18.5 Å². The summed E-state index contributed by atoms with van der Waals surface area (Å²) >= 11 is 3.98. The van der Waals surface area contributed by atoms with E-state index >= 15 is 0 Å². The van der Waals surface area contributed by atoms with Crippen LogP contribution < -0.4 is 5.73 Å². The van der Waals surface area contributed by atoms with Crippen LogP contribution in [0.1, 0.15) is 13.3 Å². The van der Waals surface area contributed by atoms with Gasteiger partial charge in [0, 0.05) is 6.42 Å². The second-order valence-electron chi connectivity index (χ2n) is 1.96. The number of rotatable bonds is 3. The minimum absolute atomic E-state index is 0.244. The first-order valence-electron chi connectivity index (χ1n) is 2.56. The van der Waals surface area contributed by atoms with E-state index in [4.69, 9.17) is 5.73 Å². The van der Waals surface area contributed by atoms with E-state index in [1.807, 2.05) is 6.92 Å². The fourth-order valence-corrected chi connectivity index (χ4v) is 0.537. The lowest BCUT2D eigenvalue weighted by Crippen LogP contribution is -2.15. The van der Waals surface area contributed by atoms with Crippen molar-refractivity contribution in [3.8, 4) is 0 Å². The molecule has 3 heteroatoms. The Morgan fingerprint density at radius 1 is 1.88 bits per heavy atom. The Labute approximate surface area is 54.9 Å². The van der Waals surface area contributed by atoms with Gasteiger partial charge < -0.3 is 5.73 Å². The molecule has 0 bridgehead atoms. The maximum absolute atomic E-state index is 10.2. The van der Waals surface area contributed by atoms with E-state index in [0.717, 1.165) is 5.75 Å². The van der Waals surface area contributed by atoms with Gasteiger partial charge in [-0.25, -0.2) is 0 Å². The lowest BCUT2D eigenvalue weighted by atomic mass is 10.1. The summed E-state index contributed by atoms with van der Waals surface area (Å²) in [5, 5.41) is 0. The van der Waals surface area contributed by atoms with E-state index in [0.29, 0.717) is 12.3 Å². The number of thiol groups is 1. The molecule has 0 saturated carbocycles. The third-order valence-corrected chi connectivity index (χ3v) is 1.48. The number of amides is 1. The van der Waals surface area contributed by atoms with Gasteiger partial charge in [-0.1, -0.05) is 6.92 Å². The van der Waals surface area contributed by atoms with Gasteiger partial charge in [-0.05, 0) is 11.7 Å². The maximum atomic E-state index is 10.2. The Morgan fingerprint density at radius 3 is 2.50 bits per heavy atom. The zero-order chi connectivity index (χ0) is 6.57. The van der Waals surface area contributed by atoms with Crippen LogP contribution in [-0.2, 0) is 4.79 Å². The molecule has 0 aliphatic carbocycles. The van der Waals surface area contributed by atoms with Crippen LogP contribution in [0.25, 0.3) is 0 Å². The van der Waals surface area contributed by atoms with Crippen LogP contribution in [0.5, 0.6) is 0 Å². The van der Waals surface area contributed by atoms with Gasteiger partial charge in [0.2, 0.25) is 5.91 Å². The number of hydrogen-bond donors (Lipinski definition) is 2. The molecule has 0 fully saturated rings. The zero-order valence-electron chi connectivity index (χ0n) is 4.92. The van der Waals surface area contributed by atoms with Crippen molar-refractivity contribution in [2.75, 3.05) is 5.75 Å². The average molecular weight is 133 g/mol. The highest BCUT2D eigenvalue weighted by molar-refractivity contribution is 7.80. The van der Waals surface area contributed by atoms with Crippen molar-refractivity contribution < 1.29 is 4.79 Å². The SMILES string of the molecule is CC(CS)CC(N)=O. The van der Waals surface area contributed by atoms with Gasteiger partial charge in [0.05, 0.1) is 0 Å². The fourth-order valence-electron chi connectivity index (χ4n) is 0.408. The Kier molecular flexibility index (Phi) is 3.69. The molecule has 0 rings (SSSR count). The van der Waals surface area contributed by atoms with Crippen LogP contribution in [0.4, 0.5) is 0 Å². The zero-order valence-corrected chi connectivity index (χ0v) is 5.82. The molecular formula is C5H11NOS. The molecule has 0 aliphatic heterocycles. The van der Waals surface area contributed by atoms with Crippen LogP contribution in [0.15, 0.2) is 0 Å². The molecule has 0 spiro atoms. The van der Waals surface area contributed by atoms with Crippen molar-refractivity contribution in [1.82, 2.24) is 0 Å². The number of nitrogens with two attached hydrogens (primary N) is 1. The maximum Gasteiger partial charge on any atom is 0.217 e. The molecule has 1 atom stereocenters. The number of hydrogen-bond acceptors (Lipinski definition) is 2. The standard InChI is InChI=1S/C5H11NOS/c1-4(3-8)2-5(6)7/h4,8H,2-3H2,1H3,(H2,6,7). The normalized spacial score (nSPS) is 13.2. The molecular weight excluding hydrogens is 122 g/mol. The molecule has 2 N–H and O–H groups in total. The molecule has 48 valence electrons. The van der Waals surface area contributed by atoms with Crippen molar-refractivity contribution in [2.45, 2.75) is 13.3 Å². The summed E-state index contributed by atoms with van der Waals surface area (Å²) in [7, 11) is 0. The van der Waals surface area contributed by atoms with Gasteiger partial charge in [-0.3, -0.25) is 4.79 Å². The van der Waals surface area contributed by atoms with Crippen LogP contribution >= 0.6 is 12.6 Å². The molecule has 1 amide bonds. The summed E-state index contributed by atoms with van der Waals surface area (Å²) in [4.78, 5) is 10.2. The summed E-state index contributed by atoms with van der Waals surface area (Å²) in [6.07, 6.45) is 0.448. The molecule has 8 heavy (non-hydrogen) atoms. The third-order valence-electron chi connectivity index (χ3n) is 0.861. The van der Waals surface area contributed by atoms with Crippen LogP contribution in [0.2, 0.25) is 0 Å². The average Bonchev–Trinajstić information content (AvgIpc) is 1.65. The van der Waals surface area contributed by atoms with Gasteiger partial charge in [-0.15, -0.1) is 0 Å². The van der Waals surface area contributed by atoms with E-state index in [2.05, 4.69) is 12.6 Å². The Hall–Kier alpha value is -0.180. The lowest BCUT2D eigenvalue weighted by molar-refractivity contribution is -0.118. The Morgan fingerprint density at radius 2 is 2.38 bits per heavy atom. The summed E-state index contributed by atoms with van der Waals surface area (Å²) in [5.74, 6) is 0.797. The van der Waals surface area contributed by atoms with Crippen molar-refractivity contribution in [1.29, 1.82) is 0 Å². The molecule has 0 aromatic carbocycles. The van der Waals surface area contributed by atoms with E-state index in [1.165, 1.54) is 0 Å². The molecule has 2 nitrogen and oxygen atoms in total. The van der Waals surface area contributed by atoms with Gasteiger partial charge in [-0.2, -0.15) is 12.6 Å². The molecule has 0 aromatic heterocycles. The lowest BCUT2D eigenvalue weighted by Gasteiger charge is -2.01. The fraction of sp³-hybridized carbons (Fsp3) is 0.800. The van der Waals surface area contributed by atoms with Crippen LogP contribution in [0.3, 0.4) is 0 Å². The quantitative estimate of drug-likeness (QED) is 0.539. The number of carbonyl (C=O) groups is 1. The highest BCUT2D eigenvalue weighted by Gasteiger charge is 2.01. The minimum atomic E-state index is -0.244. The molecule has 0 radical (unpaired) electrons. The summed E-state index contributed by atoms with van der Waals surface area (Å²) in [6, 6.07) is 0. The highest BCUT2D eigenvalue weighted by Crippen LogP contribution is 2.01. The first-order valence-corrected chi connectivity index (χ1v) is 3.19. The van der Waals surface area contributed by atoms with Crippen molar-refractivity contribution in [3.63, 3.8) is 0 Å². The molecule has 0 aliphatic rings. The molecule has 0 heterocycles. The summed E-state index contributed by atoms with van der Waals surface area (Å²) in [6.45, 7) is 1.94. The monoisotopic (exact) mass is 133 g/mol. The predicted molar refractivity (Wildman–Crippen MR) is 36.8 cm³/mol. The second kappa shape index (κ2) is 3.78. The van der Waals surface area contributed by atoms with Gasteiger partial charge in [0.15, 0.2) is 0 Å². The predicted octanol–water partition coefficient (Wildman–Crippen LogP) is 0.428. The topological polar surface area (TPSA) is 43.1 Å². The van der Waals surface area contributed by atoms with Gasteiger partial charge in [0.1, 0.15) is 0 Å². The van der Waals surface area contributed by atoms with E-state index in [-0.39, 0.29) is 5.91 Å². The van der Waals surface area contributed by atoms with Gasteiger partial charge in [0.25, 0.3) is 0 Å². The molecule has 0 saturated heterocycles. The second-order valence-corrected chi connectivity index (χ2v) is 2.32. The summed E-state index contributed by atoms with van der Waals surface area (Å²) < 4.78 is 0. The summed E-state index contributed by atoms with van der Waals surface area (Å²) in [5.41, 5.74) is 4.90. The van der Waals surface area contributed by atoms with Crippen molar-refractivity contribution in [2.24, 2.45) is 11.7 Å². The van der Waals surface area contributed by atoms with E-state index < -0.39 is 0 Å². The first-order chi connectivity index (χ1) is 3.66. The van der Waals surface area contributed by atoms with E-state index in [1.54, 1.807) is 0 Å². The number of primary amides is 1. The highest BCUT2D eigenvalue weighted by atomic mass is 32.1. The van der Waals surface area contributed by atoms with Gasteiger partial charge >= 0.3 is 0 Å². The smallest absolute Gasteiger partial charge is 0.217 e. The van der Waals surface area contributed by atoms with Crippen molar-refractivity contribution in [3.05, 3.63) is 0 Å². The third kappa shape index (κ3) is 3.99. The molecule has 0 aromatic rings. The largest absolute Gasteiger partial charge is 0.370 e. The van der Waals surface area contributed by atoms with Crippen LogP contribution in [0, 0.1) is 5.92 Å². The first kappa shape index (κ1) is 7.82. The Balaban J connectivity index is 3.24. The molecule has 1 unspecified atom stereocenters. The van der Waals surface area contributed by atoms with E-state index in [9.17, 15) is 4.79 Å². The minimum Gasteiger partial charge on any atom is -0.370 e. The number of carbonyl (C=O) groups excluding carboxylic acids is 1. The Bertz CT molecular complexity index is 84.5. The van der Waals surface area contributed by atoms with Crippen LogP contribution in [-0.4, -0.2) is 11.7 Å².